The number of aryl methyl sites for hydroxylation is 1. The van der Waals surface area contributed by atoms with Crippen molar-refractivity contribution in [3.8, 4) is 0 Å². The van der Waals surface area contributed by atoms with Crippen molar-refractivity contribution in [2.45, 2.75) is 24.8 Å². The molecule has 1 saturated carbocycles. The molecule has 0 unspecified atom stereocenters. The molecule has 1 aliphatic carbocycles. The average Bonchev–Trinajstić information content (AvgIpc) is 3.09. The summed E-state index contributed by atoms with van der Waals surface area (Å²) in [4.78, 5) is 16.0. The van der Waals surface area contributed by atoms with Crippen LogP contribution in [0.4, 0.5) is 4.39 Å². The molecule has 0 atom stereocenters. The van der Waals surface area contributed by atoms with Gasteiger partial charge in [0.2, 0.25) is 5.91 Å². The average molecular weight is 276 g/mol. The van der Waals surface area contributed by atoms with Gasteiger partial charge in [0.05, 0.1) is 11.1 Å². The van der Waals surface area contributed by atoms with Crippen LogP contribution in [0.3, 0.4) is 0 Å². The first-order valence-corrected chi connectivity index (χ1v) is 6.68. The van der Waals surface area contributed by atoms with Crippen LogP contribution in [-0.2, 0) is 18.3 Å². The number of benzene rings is 1. The van der Waals surface area contributed by atoms with Crippen LogP contribution >= 0.6 is 0 Å². The molecule has 0 bridgehead atoms. The molecule has 0 saturated heterocycles. The number of para-hydroxylation sites is 1. The number of carbonyl (C=O) groups excluding carboxylic acids is 1. The van der Waals surface area contributed by atoms with Gasteiger partial charge in [-0.2, -0.15) is 0 Å². The summed E-state index contributed by atoms with van der Waals surface area (Å²) in [5.41, 5.74) is 6.27. The van der Waals surface area contributed by atoms with Crippen LogP contribution in [0.2, 0.25) is 0 Å². The standard InChI is InChI=1S/C14H17FN4O/c1-19-10-4-2-3-9(15)12(10)18-11(19)5-8-17-13(20)14(16)6-7-14/h2-4H,5-8,16H2,1H3,(H,17,20). The van der Waals surface area contributed by atoms with Crippen molar-refractivity contribution in [2.24, 2.45) is 12.8 Å². The molecule has 0 spiro atoms. The van der Waals surface area contributed by atoms with E-state index in [0.717, 1.165) is 24.2 Å². The van der Waals surface area contributed by atoms with E-state index >= 15 is 0 Å². The second kappa shape index (κ2) is 4.56. The summed E-state index contributed by atoms with van der Waals surface area (Å²) < 4.78 is 15.5. The number of carbonyl (C=O) groups is 1. The van der Waals surface area contributed by atoms with Gasteiger partial charge in [-0.25, -0.2) is 9.37 Å². The summed E-state index contributed by atoms with van der Waals surface area (Å²) in [6.45, 7) is 0.455. The lowest BCUT2D eigenvalue weighted by Crippen LogP contribution is -2.43. The van der Waals surface area contributed by atoms with Crippen molar-refractivity contribution in [1.82, 2.24) is 14.9 Å². The SMILES string of the molecule is Cn1c(CCNC(=O)C2(N)CC2)nc2c(F)cccc21. The molecule has 0 aliphatic heterocycles. The maximum absolute atomic E-state index is 13.6. The van der Waals surface area contributed by atoms with E-state index in [4.69, 9.17) is 5.73 Å². The van der Waals surface area contributed by atoms with E-state index in [-0.39, 0.29) is 11.7 Å². The number of imidazole rings is 1. The number of nitrogens with two attached hydrogens (primary N) is 1. The molecule has 1 aromatic carbocycles. The second-order valence-electron chi connectivity index (χ2n) is 5.36. The van der Waals surface area contributed by atoms with Gasteiger partial charge in [-0.05, 0) is 25.0 Å². The van der Waals surface area contributed by atoms with Gasteiger partial charge in [-0.15, -0.1) is 0 Å². The molecule has 1 heterocycles. The Morgan fingerprint density at radius 1 is 1.55 bits per heavy atom. The van der Waals surface area contributed by atoms with Gasteiger partial charge >= 0.3 is 0 Å². The van der Waals surface area contributed by atoms with Crippen molar-refractivity contribution in [3.63, 3.8) is 0 Å². The first-order chi connectivity index (χ1) is 9.51. The zero-order chi connectivity index (χ0) is 14.3. The number of halogens is 1. The van der Waals surface area contributed by atoms with Crippen LogP contribution < -0.4 is 11.1 Å². The van der Waals surface area contributed by atoms with Crippen LogP contribution in [0.5, 0.6) is 0 Å². The maximum atomic E-state index is 13.6. The summed E-state index contributed by atoms with van der Waals surface area (Å²) in [6.07, 6.45) is 2.04. The summed E-state index contributed by atoms with van der Waals surface area (Å²) in [5, 5.41) is 2.81. The number of nitrogens with zero attached hydrogens (tertiary/aromatic N) is 2. The minimum Gasteiger partial charge on any atom is -0.354 e. The molecule has 5 nitrogen and oxygen atoms in total. The minimum absolute atomic E-state index is 0.109. The van der Waals surface area contributed by atoms with E-state index in [0.29, 0.717) is 18.5 Å². The zero-order valence-electron chi connectivity index (χ0n) is 11.3. The molecular weight excluding hydrogens is 259 g/mol. The lowest BCUT2D eigenvalue weighted by Gasteiger charge is -2.09. The van der Waals surface area contributed by atoms with Crippen LogP contribution in [0.25, 0.3) is 11.0 Å². The van der Waals surface area contributed by atoms with E-state index in [1.165, 1.54) is 6.07 Å². The normalized spacial score (nSPS) is 16.4. The van der Waals surface area contributed by atoms with Crippen LogP contribution in [0, 0.1) is 5.82 Å². The minimum atomic E-state index is -0.654. The third-order valence-electron chi connectivity index (χ3n) is 3.83. The summed E-state index contributed by atoms with van der Waals surface area (Å²) >= 11 is 0. The highest BCUT2D eigenvalue weighted by Crippen LogP contribution is 2.32. The predicted octanol–water partition coefficient (Wildman–Crippen LogP) is 0.862. The first kappa shape index (κ1) is 13.1. The van der Waals surface area contributed by atoms with Crippen molar-refractivity contribution < 1.29 is 9.18 Å². The van der Waals surface area contributed by atoms with E-state index in [1.807, 2.05) is 17.7 Å². The highest BCUT2D eigenvalue weighted by molar-refractivity contribution is 5.88. The van der Waals surface area contributed by atoms with Gasteiger partial charge in [0, 0.05) is 20.0 Å². The molecule has 1 aliphatic rings. The number of aromatic nitrogens is 2. The molecule has 0 radical (unpaired) electrons. The Kier molecular flexibility index (Phi) is 2.97. The van der Waals surface area contributed by atoms with Crippen molar-refractivity contribution in [1.29, 1.82) is 0 Å². The Hall–Kier alpha value is -1.95. The fraction of sp³-hybridized carbons (Fsp3) is 0.429. The largest absolute Gasteiger partial charge is 0.354 e. The van der Waals surface area contributed by atoms with Crippen LogP contribution in [0.1, 0.15) is 18.7 Å². The topological polar surface area (TPSA) is 72.9 Å². The maximum Gasteiger partial charge on any atom is 0.240 e. The molecule has 2 aromatic rings. The Bertz CT molecular complexity index is 675. The Morgan fingerprint density at radius 2 is 2.30 bits per heavy atom. The Morgan fingerprint density at radius 3 is 2.95 bits per heavy atom. The number of rotatable bonds is 4. The third kappa shape index (κ3) is 2.16. The molecule has 1 aromatic heterocycles. The second-order valence-corrected chi connectivity index (χ2v) is 5.36. The van der Waals surface area contributed by atoms with Gasteiger partial charge < -0.3 is 15.6 Å². The number of hydrogen-bond donors (Lipinski definition) is 2. The highest BCUT2D eigenvalue weighted by atomic mass is 19.1. The number of hydrogen-bond acceptors (Lipinski definition) is 3. The molecule has 1 amide bonds. The fourth-order valence-corrected chi connectivity index (χ4v) is 2.28. The van der Waals surface area contributed by atoms with Crippen molar-refractivity contribution in [3.05, 3.63) is 29.8 Å². The van der Waals surface area contributed by atoms with Crippen LogP contribution in [0.15, 0.2) is 18.2 Å². The predicted molar refractivity (Wildman–Crippen MR) is 73.5 cm³/mol. The monoisotopic (exact) mass is 276 g/mol. The van der Waals surface area contributed by atoms with Gasteiger partial charge in [-0.1, -0.05) is 6.07 Å². The molecule has 3 rings (SSSR count). The quantitative estimate of drug-likeness (QED) is 0.870. The van der Waals surface area contributed by atoms with Gasteiger partial charge in [0.25, 0.3) is 0 Å². The number of fused-ring (bicyclic) bond motifs is 1. The Balaban J connectivity index is 1.70. The highest BCUT2D eigenvalue weighted by Gasteiger charge is 2.45. The fourth-order valence-electron chi connectivity index (χ4n) is 2.28. The van der Waals surface area contributed by atoms with Crippen molar-refractivity contribution >= 4 is 16.9 Å². The number of amides is 1. The lowest BCUT2D eigenvalue weighted by atomic mass is 10.2. The van der Waals surface area contributed by atoms with Gasteiger partial charge in [0.15, 0.2) is 5.82 Å². The molecule has 20 heavy (non-hydrogen) atoms. The molecule has 1 fully saturated rings. The van der Waals surface area contributed by atoms with Gasteiger partial charge in [-0.3, -0.25) is 4.79 Å². The van der Waals surface area contributed by atoms with Crippen LogP contribution in [-0.4, -0.2) is 27.5 Å². The van der Waals surface area contributed by atoms with Gasteiger partial charge in [0.1, 0.15) is 11.3 Å². The lowest BCUT2D eigenvalue weighted by molar-refractivity contribution is -0.123. The molecule has 6 heteroatoms. The summed E-state index contributed by atoms with van der Waals surface area (Å²) in [6, 6.07) is 4.88. The van der Waals surface area contributed by atoms with E-state index < -0.39 is 5.54 Å². The zero-order valence-corrected chi connectivity index (χ0v) is 11.3. The summed E-state index contributed by atoms with van der Waals surface area (Å²) in [5.74, 6) is 0.307. The number of nitrogens with one attached hydrogen (secondary N) is 1. The molecule has 3 N–H and O–H groups in total. The molecule has 106 valence electrons. The smallest absolute Gasteiger partial charge is 0.240 e. The Labute approximate surface area is 116 Å². The van der Waals surface area contributed by atoms with E-state index in [9.17, 15) is 9.18 Å². The third-order valence-corrected chi connectivity index (χ3v) is 3.83. The van der Waals surface area contributed by atoms with Crippen molar-refractivity contribution in [2.75, 3.05) is 6.54 Å². The van der Waals surface area contributed by atoms with E-state index in [2.05, 4.69) is 10.3 Å². The molecular formula is C14H17FN4O. The summed E-state index contributed by atoms with van der Waals surface area (Å²) in [7, 11) is 1.84. The van der Waals surface area contributed by atoms with E-state index in [1.54, 1.807) is 6.07 Å². The first-order valence-electron chi connectivity index (χ1n) is 6.68.